The van der Waals surface area contributed by atoms with Crippen LogP contribution in [0.1, 0.15) is 15.2 Å². The number of anilines is 1. The maximum absolute atomic E-state index is 12.8. The molecule has 29 heavy (non-hydrogen) atoms. The molecule has 0 atom stereocenters. The normalized spacial score (nSPS) is 11.0. The number of amides is 1. The summed E-state index contributed by atoms with van der Waals surface area (Å²) in [5, 5.41) is 13.9. The lowest BCUT2D eigenvalue weighted by Gasteiger charge is -2.09. The highest BCUT2D eigenvalue weighted by Crippen LogP contribution is 2.30. The zero-order chi connectivity index (χ0) is 20.7. The number of nitrogens with zero attached hydrogens (tertiary/aromatic N) is 3. The molecule has 9 nitrogen and oxygen atoms in total. The minimum atomic E-state index is -0.550. The van der Waals surface area contributed by atoms with Crippen LogP contribution in [0.5, 0.6) is 5.75 Å². The van der Waals surface area contributed by atoms with Gasteiger partial charge in [0, 0.05) is 12.3 Å². The first-order valence-corrected chi connectivity index (χ1v) is 9.26. The molecule has 4 rings (SSSR count). The quantitative estimate of drug-likeness (QED) is 0.407. The Bertz CT molecular complexity index is 1360. The van der Waals surface area contributed by atoms with E-state index in [1.807, 2.05) is 13.0 Å². The number of pyridine rings is 1. The van der Waals surface area contributed by atoms with Crippen LogP contribution in [0.4, 0.5) is 11.4 Å². The van der Waals surface area contributed by atoms with E-state index in [2.05, 4.69) is 10.3 Å². The molecule has 3 heterocycles. The maximum Gasteiger partial charge on any atom is 0.273 e. The van der Waals surface area contributed by atoms with E-state index in [-0.39, 0.29) is 22.7 Å². The second-order valence-electron chi connectivity index (χ2n) is 6.23. The number of carbonyl (C=O) groups excluding carboxylic acids is 1. The third-order valence-corrected chi connectivity index (χ3v) is 5.43. The number of non-ortho nitro benzene ring substituents is 1. The minimum Gasteiger partial charge on any atom is -0.494 e. The third-order valence-electron chi connectivity index (χ3n) is 4.40. The summed E-state index contributed by atoms with van der Waals surface area (Å²) in [5.41, 5.74) is 1.27. The van der Waals surface area contributed by atoms with Gasteiger partial charge in [0.1, 0.15) is 16.2 Å². The molecule has 0 unspecified atom stereocenters. The molecule has 10 heteroatoms. The van der Waals surface area contributed by atoms with Gasteiger partial charge in [-0.1, -0.05) is 6.07 Å². The topological polar surface area (TPSA) is 116 Å². The lowest BCUT2D eigenvalue weighted by atomic mass is 10.2. The second kappa shape index (κ2) is 6.99. The molecule has 1 amide bonds. The lowest BCUT2D eigenvalue weighted by molar-refractivity contribution is -0.384. The molecule has 146 valence electrons. The Hall–Kier alpha value is -3.79. The number of aromatic nitrogens is 2. The van der Waals surface area contributed by atoms with Crippen LogP contribution in [0.3, 0.4) is 0 Å². The van der Waals surface area contributed by atoms with Gasteiger partial charge in [-0.2, -0.15) is 0 Å². The van der Waals surface area contributed by atoms with E-state index in [9.17, 15) is 19.7 Å². The molecule has 0 saturated heterocycles. The van der Waals surface area contributed by atoms with E-state index < -0.39 is 10.8 Å². The number of thiophene rings is 1. The molecule has 4 aromatic rings. The van der Waals surface area contributed by atoms with Crippen LogP contribution in [0.2, 0.25) is 0 Å². The number of nitro benzene ring substituents is 1. The molecule has 0 radical (unpaired) electrons. The van der Waals surface area contributed by atoms with Gasteiger partial charge in [-0.05, 0) is 30.7 Å². The Morgan fingerprint density at radius 3 is 2.83 bits per heavy atom. The Morgan fingerprint density at radius 1 is 1.31 bits per heavy atom. The van der Waals surface area contributed by atoms with Crippen LogP contribution in [-0.4, -0.2) is 27.3 Å². The molecule has 0 fully saturated rings. The van der Waals surface area contributed by atoms with Crippen molar-refractivity contribution in [2.24, 2.45) is 0 Å². The Kier molecular flexibility index (Phi) is 4.47. The number of ether oxygens (including phenoxy) is 1. The van der Waals surface area contributed by atoms with Crippen LogP contribution in [0.25, 0.3) is 15.9 Å². The van der Waals surface area contributed by atoms with E-state index in [0.717, 1.165) is 16.9 Å². The van der Waals surface area contributed by atoms with Crippen LogP contribution in [-0.2, 0) is 0 Å². The molecular formula is C19H14N4O5S. The molecule has 0 aliphatic heterocycles. The van der Waals surface area contributed by atoms with Crippen LogP contribution < -0.4 is 15.6 Å². The summed E-state index contributed by atoms with van der Waals surface area (Å²) in [6.07, 6.45) is 1.64. The van der Waals surface area contributed by atoms with Gasteiger partial charge in [-0.25, -0.2) is 4.98 Å². The highest BCUT2D eigenvalue weighted by atomic mass is 32.1. The van der Waals surface area contributed by atoms with E-state index >= 15 is 0 Å². The fraction of sp³-hybridized carbons (Fsp3) is 0.105. The monoisotopic (exact) mass is 410 g/mol. The lowest BCUT2D eigenvalue weighted by Crippen LogP contribution is -2.14. The van der Waals surface area contributed by atoms with Crippen molar-refractivity contribution in [3.05, 3.63) is 73.5 Å². The number of hydrogen-bond acceptors (Lipinski definition) is 7. The van der Waals surface area contributed by atoms with Crippen molar-refractivity contribution < 1.29 is 14.5 Å². The van der Waals surface area contributed by atoms with Crippen molar-refractivity contribution in [3.63, 3.8) is 0 Å². The smallest absolute Gasteiger partial charge is 0.273 e. The van der Waals surface area contributed by atoms with Gasteiger partial charge in [-0.3, -0.25) is 24.1 Å². The van der Waals surface area contributed by atoms with Crippen molar-refractivity contribution in [1.29, 1.82) is 0 Å². The zero-order valence-corrected chi connectivity index (χ0v) is 16.1. The van der Waals surface area contributed by atoms with Gasteiger partial charge in [0.25, 0.3) is 17.2 Å². The molecule has 1 aromatic carbocycles. The van der Waals surface area contributed by atoms with Crippen LogP contribution >= 0.6 is 11.3 Å². The SMILES string of the molecule is COc1cc([N+](=O)[O-])ccc1NC(=O)c1cc2c(=O)n3cccc(C)c3nc2s1. The van der Waals surface area contributed by atoms with Gasteiger partial charge >= 0.3 is 0 Å². The van der Waals surface area contributed by atoms with Gasteiger partial charge in [0.15, 0.2) is 0 Å². The fourth-order valence-corrected chi connectivity index (χ4v) is 3.87. The van der Waals surface area contributed by atoms with Crippen molar-refractivity contribution >= 4 is 44.5 Å². The predicted molar refractivity (Wildman–Crippen MR) is 109 cm³/mol. The number of methoxy groups -OCH3 is 1. The van der Waals surface area contributed by atoms with Gasteiger partial charge in [0.05, 0.1) is 34.1 Å². The van der Waals surface area contributed by atoms with Crippen molar-refractivity contribution in [2.45, 2.75) is 6.92 Å². The summed E-state index contributed by atoms with van der Waals surface area (Å²) in [7, 11) is 1.35. The van der Waals surface area contributed by atoms with E-state index in [1.165, 1.54) is 35.8 Å². The molecule has 3 aromatic heterocycles. The van der Waals surface area contributed by atoms with Gasteiger partial charge in [-0.15, -0.1) is 11.3 Å². The van der Waals surface area contributed by atoms with E-state index in [0.29, 0.717) is 20.7 Å². The Labute approximate surface area is 167 Å². The summed E-state index contributed by atoms with van der Waals surface area (Å²) in [6.45, 7) is 1.86. The predicted octanol–water partition coefficient (Wildman–Crippen LogP) is 3.39. The third kappa shape index (κ3) is 3.19. The molecule has 0 aliphatic carbocycles. The number of benzene rings is 1. The summed E-state index contributed by atoms with van der Waals surface area (Å²) in [5.74, 6) is -0.307. The number of carbonyl (C=O) groups is 1. The average Bonchev–Trinajstić information content (AvgIpc) is 3.14. The highest BCUT2D eigenvalue weighted by Gasteiger charge is 2.18. The zero-order valence-electron chi connectivity index (χ0n) is 15.3. The summed E-state index contributed by atoms with van der Waals surface area (Å²) in [4.78, 5) is 41.1. The minimum absolute atomic E-state index is 0.152. The summed E-state index contributed by atoms with van der Waals surface area (Å²) in [6, 6.07) is 9.01. The number of nitrogens with one attached hydrogen (secondary N) is 1. The van der Waals surface area contributed by atoms with Gasteiger partial charge in [0.2, 0.25) is 0 Å². The van der Waals surface area contributed by atoms with Crippen molar-refractivity contribution in [1.82, 2.24) is 9.38 Å². The first-order valence-electron chi connectivity index (χ1n) is 8.44. The highest BCUT2D eigenvalue weighted by molar-refractivity contribution is 7.20. The summed E-state index contributed by atoms with van der Waals surface area (Å²) < 4.78 is 6.58. The fourth-order valence-electron chi connectivity index (χ4n) is 2.95. The largest absolute Gasteiger partial charge is 0.494 e. The Morgan fingerprint density at radius 2 is 2.10 bits per heavy atom. The molecular weight excluding hydrogens is 396 g/mol. The number of fused-ring (bicyclic) bond motifs is 2. The molecule has 1 N–H and O–H groups in total. The number of nitro groups is 1. The molecule has 0 aliphatic rings. The number of aryl methyl sites for hydroxylation is 1. The molecule has 0 spiro atoms. The van der Waals surface area contributed by atoms with Crippen LogP contribution in [0, 0.1) is 17.0 Å². The second-order valence-corrected chi connectivity index (χ2v) is 7.26. The van der Waals surface area contributed by atoms with E-state index in [4.69, 9.17) is 4.74 Å². The number of rotatable bonds is 4. The summed E-state index contributed by atoms with van der Waals surface area (Å²) >= 11 is 1.10. The van der Waals surface area contributed by atoms with Crippen molar-refractivity contribution in [2.75, 3.05) is 12.4 Å². The molecule has 0 saturated carbocycles. The number of hydrogen-bond donors (Lipinski definition) is 1. The maximum atomic E-state index is 12.8. The van der Waals surface area contributed by atoms with E-state index in [1.54, 1.807) is 12.3 Å². The Balaban J connectivity index is 1.74. The van der Waals surface area contributed by atoms with Crippen LogP contribution in [0.15, 0.2) is 47.4 Å². The van der Waals surface area contributed by atoms with Gasteiger partial charge < -0.3 is 10.1 Å². The first-order chi connectivity index (χ1) is 13.9. The average molecular weight is 410 g/mol. The van der Waals surface area contributed by atoms with Crippen molar-refractivity contribution in [3.8, 4) is 5.75 Å². The molecule has 0 bridgehead atoms. The first kappa shape index (κ1) is 18.6. The standard InChI is InChI=1S/C19H14N4O5S/c1-10-4-3-7-22-16(10)21-18-12(19(22)25)9-15(29-18)17(24)20-13-6-5-11(23(26)27)8-14(13)28-2/h3-9H,1-2H3,(H,20,24).